The Bertz CT molecular complexity index is 414. The summed E-state index contributed by atoms with van der Waals surface area (Å²) in [5.41, 5.74) is 5.79. The second kappa shape index (κ2) is 9.25. The van der Waals surface area contributed by atoms with Crippen LogP contribution in [0.2, 0.25) is 0 Å². The molecule has 1 aliphatic heterocycles. The van der Waals surface area contributed by atoms with Crippen LogP contribution in [-0.4, -0.2) is 52.4 Å². The van der Waals surface area contributed by atoms with Crippen LogP contribution in [0.1, 0.15) is 13.8 Å². The maximum Gasteiger partial charge on any atom is 0.227 e. The first kappa shape index (κ1) is 20.2. The highest BCUT2D eigenvalue weighted by Gasteiger charge is 2.28. The lowest BCUT2D eigenvalue weighted by Gasteiger charge is -2.35. The SMILES string of the molecule is CC(N)C(C)C(=O)N1CCOC(Cn2cccn2)C1.Cl.Cl. The Kier molecular flexibility index (Phi) is 8.89. The number of rotatable bonds is 4. The van der Waals surface area contributed by atoms with Gasteiger partial charge in [0.05, 0.1) is 25.2 Å². The number of nitrogens with zero attached hydrogens (tertiary/aromatic N) is 3. The van der Waals surface area contributed by atoms with E-state index >= 15 is 0 Å². The van der Waals surface area contributed by atoms with Gasteiger partial charge >= 0.3 is 0 Å². The molecule has 3 unspecified atom stereocenters. The lowest BCUT2D eigenvalue weighted by Crippen LogP contribution is -2.50. The highest BCUT2D eigenvalue weighted by molar-refractivity contribution is 5.85. The number of hydrogen-bond acceptors (Lipinski definition) is 4. The first-order valence-corrected chi connectivity index (χ1v) is 6.71. The van der Waals surface area contributed by atoms with Crippen LogP contribution in [0.25, 0.3) is 0 Å². The molecular weight excluding hydrogens is 315 g/mol. The molecule has 1 saturated heterocycles. The molecule has 0 saturated carbocycles. The lowest BCUT2D eigenvalue weighted by molar-refractivity contribution is -0.143. The molecule has 1 aromatic heterocycles. The fourth-order valence-electron chi connectivity index (χ4n) is 2.16. The van der Waals surface area contributed by atoms with Crippen LogP contribution in [0, 0.1) is 5.92 Å². The maximum absolute atomic E-state index is 12.3. The number of halogens is 2. The first-order chi connectivity index (χ1) is 9.08. The Morgan fingerprint density at radius 2 is 2.19 bits per heavy atom. The molecule has 2 N–H and O–H groups in total. The number of morpholine rings is 1. The van der Waals surface area contributed by atoms with E-state index in [1.54, 1.807) is 6.20 Å². The molecule has 1 amide bonds. The molecule has 8 heteroatoms. The van der Waals surface area contributed by atoms with Crippen LogP contribution < -0.4 is 5.73 Å². The third-order valence-corrected chi connectivity index (χ3v) is 3.58. The standard InChI is InChI=1S/C13H22N4O2.2ClH/c1-10(11(2)14)13(18)16-6-7-19-12(8-16)9-17-5-3-4-15-17;;/h3-5,10-12H,6-9,14H2,1-2H3;2*1H. The van der Waals surface area contributed by atoms with E-state index in [1.165, 1.54) is 0 Å². The lowest BCUT2D eigenvalue weighted by atomic mass is 10.0. The van der Waals surface area contributed by atoms with Gasteiger partial charge in [0.15, 0.2) is 0 Å². The minimum Gasteiger partial charge on any atom is -0.373 e. The first-order valence-electron chi connectivity index (χ1n) is 6.71. The molecule has 0 spiro atoms. The van der Waals surface area contributed by atoms with Crippen LogP contribution in [0.3, 0.4) is 0 Å². The summed E-state index contributed by atoms with van der Waals surface area (Å²) >= 11 is 0. The molecule has 1 aliphatic rings. The number of hydrogen-bond donors (Lipinski definition) is 1. The largest absolute Gasteiger partial charge is 0.373 e. The normalized spacial score (nSPS) is 20.9. The van der Waals surface area contributed by atoms with E-state index in [2.05, 4.69) is 5.10 Å². The fourth-order valence-corrected chi connectivity index (χ4v) is 2.16. The summed E-state index contributed by atoms with van der Waals surface area (Å²) in [5.74, 6) is -0.0350. The van der Waals surface area contributed by atoms with Gasteiger partial charge < -0.3 is 15.4 Å². The van der Waals surface area contributed by atoms with Crippen molar-refractivity contribution in [1.29, 1.82) is 0 Å². The minimum atomic E-state index is -0.150. The van der Waals surface area contributed by atoms with Crippen molar-refractivity contribution >= 4 is 30.7 Å². The van der Waals surface area contributed by atoms with Crippen molar-refractivity contribution < 1.29 is 9.53 Å². The number of amides is 1. The van der Waals surface area contributed by atoms with Crippen molar-refractivity contribution in [2.75, 3.05) is 19.7 Å². The molecule has 3 atom stereocenters. The summed E-state index contributed by atoms with van der Waals surface area (Å²) in [6, 6.07) is 1.75. The molecule has 1 aromatic rings. The van der Waals surface area contributed by atoms with Crippen molar-refractivity contribution in [1.82, 2.24) is 14.7 Å². The average molecular weight is 339 g/mol. The Morgan fingerprint density at radius 1 is 1.48 bits per heavy atom. The van der Waals surface area contributed by atoms with E-state index in [-0.39, 0.29) is 48.8 Å². The van der Waals surface area contributed by atoms with E-state index in [0.717, 1.165) is 0 Å². The minimum absolute atomic E-state index is 0. The third-order valence-electron chi connectivity index (χ3n) is 3.58. The maximum atomic E-state index is 12.3. The van der Waals surface area contributed by atoms with Gasteiger partial charge in [0.25, 0.3) is 0 Å². The van der Waals surface area contributed by atoms with Crippen LogP contribution in [0.4, 0.5) is 0 Å². The van der Waals surface area contributed by atoms with Gasteiger partial charge in [0.1, 0.15) is 0 Å². The van der Waals surface area contributed by atoms with Crippen molar-refractivity contribution in [2.45, 2.75) is 32.5 Å². The third kappa shape index (κ3) is 5.47. The van der Waals surface area contributed by atoms with E-state index in [0.29, 0.717) is 26.2 Å². The van der Waals surface area contributed by atoms with Gasteiger partial charge in [-0.2, -0.15) is 5.10 Å². The summed E-state index contributed by atoms with van der Waals surface area (Å²) in [6.07, 6.45) is 3.64. The van der Waals surface area contributed by atoms with Gasteiger partial charge in [0, 0.05) is 31.5 Å². The predicted molar refractivity (Wildman–Crippen MR) is 85.9 cm³/mol. The predicted octanol–water partition coefficient (Wildman–Crippen LogP) is 0.937. The van der Waals surface area contributed by atoms with Crippen LogP contribution in [-0.2, 0) is 16.1 Å². The molecule has 0 bridgehead atoms. The van der Waals surface area contributed by atoms with Gasteiger partial charge in [-0.05, 0) is 13.0 Å². The molecule has 122 valence electrons. The second-order valence-electron chi connectivity index (χ2n) is 5.15. The zero-order valence-corrected chi connectivity index (χ0v) is 14.0. The van der Waals surface area contributed by atoms with Crippen molar-refractivity contribution in [3.8, 4) is 0 Å². The number of ether oxygens (including phenoxy) is 1. The van der Waals surface area contributed by atoms with Gasteiger partial charge in [-0.1, -0.05) is 6.92 Å². The topological polar surface area (TPSA) is 73.4 Å². The van der Waals surface area contributed by atoms with Crippen LogP contribution in [0.15, 0.2) is 18.5 Å². The van der Waals surface area contributed by atoms with Crippen molar-refractivity contribution in [2.24, 2.45) is 11.7 Å². The molecule has 0 aliphatic carbocycles. The summed E-state index contributed by atoms with van der Waals surface area (Å²) in [4.78, 5) is 14.1. The Morgan fingerprint density at radius 3 is 2.76 bits per heavy atom. The summed E-state index contributed by atoms with van der Waals surface area (Å²) in [7, 11) is 0. The molecule has 21 heavy (non-hydrogen) atoms. The average Bonchev–Trinajstić information content (AvgIpc) is 2.90. The molecule has 1 fully saturated rings. The monoisotopic (exact) mass is 338 g/mol. The number of carbonyl (C=O) groups is 1. The zero-order chi connectivity index (χ0) is 13.8. The number of aromatic nitrogens is 2. The van der Waals surface area contributed by atoms with E-state index in [9.17, 15) is 4.79 Å². The molecule has 2 rings (SSSR count). The Hall–Kier alpha value is -0.820. The molecule has 0 radical (unpaired) electrons. The van der Waals surface area contributed by atoms with Gasteiger partial charge in [-0.25, -0.2) is 0 Å². The number of nitrogens with two attached hydrogens (primary N) is 1. The van der Waals surface area contributed by atoms with Crippen molar-refractivity contribution in [3.05, 3.63) is 18.5 Å². The van der Waals surface area contributed by atoms with Gasteiger partial charge in [-0.15, -0.1) is 24.8 Å². The summed E-state index contributed by atoms with van der Waals surface area (Å²) in [5, 5.41) is 4.16. The zero-order valence-electron chi connectivity index (χ0n) is 12.3. The smallest absolute Gasteiger partial charge is 0.227 e. The fraction of sp³-hybridized carbons (Fsp3) is 0.692. The highest BCUT2D eigenvalue weighted by atomic mass is 35.5. The van der Waals surface area contributed by atoms with E-state index in [1.807, 2.05) is 35.7 Å². The quantitative estimate of drug-likeness (QED) is 0.886. The van der Waals surface area contributed by atoms with E-state index < -0.39 is 0 Å². The summed E-state index contributed by atoms with van der Waals surface area (Å²) < 4.78 is 7.51. The van der Waals surface area contributed by atoms with Crippen LogP contribution >= 0.6 is 24.8 Å². The summed E-state index contributed by atoms with van der Waals surface area (Å²) in [6.45, 7) is 6.24. The number of carbonyl (C=O) groups excluding carboxylic acids is 1. The highest BCUT2D eigenvalue weighted by Crippen LogP contribution is 2.12. The molecular formula is C13H24Cl2N4O2. The van der Waals surface area contributed by atoms with E-state index in [4.69, 9.17) is 10.5 Å². The molecule has 2 heterocycles. The molecule has 6 nitrogen and oxygen atoms in total. The van der Waals surface area contributed by atoms with Gasteiger partial charge in [0.2, 0.25) is 5.91 Å². The second-order valence-corrected chi connectivity index (χ2v) is 5.15. The molecule has 0 aromatic carbocycles. The van der Waals surface area contributed by atoms with Gasteiger partial charge in [-0.3, -0.25) is 9.48 Å². The Labute approximate surface area is 137 Å². The van der Waals surface area contributed by atoms with Crippen molar-refractivity contribution in [3.63, 3.8) is 0 Å². The Balaban J connectivity index is 0.00000200. The van der Waals surface area contributed by atoms with Crippen LogP contribution in [0.5, 0.6) is 0 Å².